The molecule has 0 aromatic heterocycles. The second kappa shape index (κ2) is 6.64. The fourth-order valence-electron chi connectivity index (χ4n) is 1.71. The van der Waals surface area contributed by atoms with Crippen LogP contribution in [0, 0.1) is 0 Å². The largest absolute Gasteiger partial charge is 0.495 e. The minimum Gasteiger partial charge on any atom is -0.495 e. The van der Waals surface area contributed by atoms with Crippen LogP contribution in [0.25, 0.3) is 0 Å². The second-order valence-electron chi connectivity index (χ2n) is 5.18. The maximum absolute atomic E-state index is 12.3. The van der Waals surface area contributed by atoms with E-state index in [1.54, 1.807) is 13.8 Å². The molecule has 0 saturated carbocycles. The van der Waals surface area contributed by atoms with E-state index in [1.165, 1.54) is 25.3 Å². The molecular weight excluding hydrogens is 318 g/mol. The number of hydrogen-bond donors (Lipinski definition) is 2. The van der Waals surface area contributed by atoms with Crippen LogP contribution in [0.3, 0.4) is 0 Å². The van der Waals surface area contributed by atoms with Crippen molar-refractivity contribution in [1.82, 2.24) is 4.72 Å². The lowest BCUT2D eigenvalue weighted by Gasteiger charge is -2.25. The summed E-state index contributed by atoms with van der Waals surface area (Å²) in [6.45, 7) is 3.25. The Bertz CT molecular complexity index is 627. The summed E-state index contributed by atoms with van der Waals surface area (Å²) in [5.74, 6) is -0.601. The molecule has 21 heavy (non-hydrogen) atoms. The van der Waals surface area contributed by atoms with E-state index in [0.717, 1.165) is 0 Å². The highest BCUT2D eigenvalue weighted by atomic mass is 35.5. The monoisotopic (exact) mass is 335 g/mol. The van der Waals surface area contributed by atoms with Crippen molar-refractivity contribution in [2.45, 2.75) is 37.1 Å². The molecule has 1 aromatic rings. The van der Waals surface area contributed by atoms with E-state index in [2.05, 4.69) is 4.72 Å². The van der Waals surface area contributed by atoms with Crippen LogP contribution in [0.1, 0.15) is 26.7 Å². The van der Waals surface area contributed by atoms with E-state index < -0.39 is 21.5 Å². The Hall–Kier alpha value is -1.31. The number of aliphatic carboxylic acids is 1. The summed E-state index contributed by atoms with van der Waals surface area (Å²) in [6, 6.07) is 4.12. The highest BCUT2D eigenvalue weighted by Crippen LogP contribution is 2.27. The number of nitrogens with one attached hydrogen (secondary N) is 1. The van der Waals surface area contributed by atoms with Gasteiger partial charge in [0.15, 0.2) is 0 Å². The number of benzene rings is 1. The molecule has 0 spiro atoms. The third-order valence-corrected chi connectivity index (χ3v) is 4.80. The second-order valence-corrected chi connectivity index (χ2v) is 7.27. The summed E-state index contributed by atoms with van der Waals surface area (Å²) >= 11 is 5.91. The van der Waals surface area contributed by atoms with Crippen LogP contribution in [0.2, 0.25) is 5.02 Å². The van der Waals surface area contributed by atoms with Gasteiger partial charge in [0.05, 0.1) is 17.0 Å². The number of hydrogen-bond acceptors (Lipinski definition) is 4. The molecule has 0 bridgehead atoms. The average molecular weight is 336 g/mol. The lowest BCUT2D eigenvalue weighted by molar-refractivity contribution is -0.137. The van der Waals surface area contributed by atoms with Crippen LogP contribution < -0.4 is 9.46 Å². The molecule has 2 N–H and O–H groups in total. The van der Waals surface area contributed by atoms with E-state index in [9.17, 15) is 13.2 Å². The molecule has 8 heteroatoms. The topological polar surface area (TPSA) is 92.7 Å². The smallest absolute Gasteiger partial charge is 0.303 e. The summed E-state index contributed by atoms with van der Waals surface area (Å²) in [5, 5.41) is 8.86. The predicted octanol–water partition coefficient (Wildman–Crippen LogP) is 2.27. The molecule has 0 aliphatic rings. The van der Waals surface area contributed by atoms with E-state index in [0.29, 0.717) is 5.75 Å². The molecule has 0 aliphatic heterocycles. The highest BCUT2D eigenvalue weighted by Gasteiger charge is 2.27. The van der Waals surface area contributed by atoms with Gasteiger partial charge >= 0.3 is 5.97 Å². The van der Waals surface area contributed by atoms with E-state index in [1.807, 2.05) is 0 Å². The highest BCUT2D eigenvalue weighted by molar-refractivity contribution is 7.89. The Morgan fingerprint density at radius 3 is 2.52 bits per heavy atom. The first-order valence-corrected chi connectivity index (χ1v) is 8.03. The molecule has 118 valence electrons. The van der Waals surface area contributed by atoms with Gasteiger partial charge in [-0.15, -0.1) is 0 Å². The molecule has 0 heterocycles. The summed E-state index contributed by atoms with van der Waals surface area (Å²) < 4.78 is 32.0. The zero-order chi connectivity index (χ0) is 16.3. The van der Waals surface area contributed by atoms with E-state index in [4.69, 9.17) is 21.4 Å². The zero-order valence-electron chi connectivity index (χ0n) is 12.0. The van der Waals surface area contributed by atoms with Crippen molar-refractivity contribution in [2.75, 3.05) is 7.11 Å². The lowest BCUT2D eigenvalue weighted by atomic mass is 10.0. The minimum absolute atomic E-state index is 0.00306. The standard InChI is InChI=1S/C13H18ClNO5S/c1-13(2,7-6-12(16)17)15-21(18,19)9-4-5-11(20-3)10(14)8-9/h4-5,8,15H,6-7H2,1-3H3,(H,16,17). The maximum Gasteiger partial charge on any atom is 0.303 e. The van der Waals surface area contributed by atoms with Crippen LogP contribution in [-0.4, -0.2) is 32.1 Å². The molecule has 0 fully saturated rings. The molecule has 0 atom stereocenters. The Morgan fingerprint density at radius 1 is 1.43 bits per heavy atom. The lowest BCUT2D eigenvalue weighted by Crippen LogP contribution is -2.43. The fraction of sp³-hybridized carbons (Fsp3) is 0.462. The zero-order valence-corrected chi connectivity index (χ0v) is 13.6. The van der Waals surface area contributed by atoms with Crippen molar-refractivity contribution in [2.24, 2.45) is 0 Å². The van der Waals surface area contributed by atoms with Crippen LogP contribution >= 0.6 is 11.6 Å². The molecule has 1 rings (SSSR count). The van der Waals surface area contributed by atoms with Gasteiger partial charge < -0.3 is 9.84 Å². The quantitative estimate of drug-likeness (QED) is 0.797. The summed E-state index contributed by atoms with van der Waals surface area (Å²) in [6.07, 6.45) is 0.0460. The van der Waals surface area contributed by atoms with Gasteiger partial charge in [-0.25, -0.2) is 13.1 Å². The third kappa shape index (κ3) is 5.18. The number of carbonyl (C=O) groups is 1. The number of ether oxygens (including phenoxy) is 1. The molecule has 6 nitrogen and oxygen atoms in total. The number of carboxylic acids is 1. The number of methoxy groups -OCH3 is 1. The molecule has 0 unspecified atom stereocenters. The fourth-order valence-corrected chi connectivity index (χ4v) is 3.50. The van der Waals surface area contributed by atoms with E-state index in [-0.39, 0.29) is 22.8 Å². The van der Waals surface area contributed by atoms with Crippen molar-refractivity contribution in [1.29, 1.82) is 0 Å². The first kappa shape index (κ1) is 17.7. The van der Waals surface area contributed by atoms with Crippen LogP contribution in [0.4, 0.5) is 0 Å². The molecule has 0 aliphatic carbocycles. The van der Waals surface area contributed by atoms with Crippen molar-refractivity contribution >= 4 is 27.6 Å². The van der Waals surface area contributed by atoms with Gasteiger partial charge in [-0.2, -0.15) is 0 Å². The molecule has 0 saturated heterocycles. The van der Waals surface area contributed by atoms with Gasteiger partial charge in [0, 0.05) is 12.0 Å². The van der Waals surface area contributed by atoms with Gasteiger partial charge in [-0.05, 0) is 38.5 Å². The average Bonchev–Trinajstić information content (AvgIpc) is 2.35. The van der Waals surface area contributed by atoms with Gasteiger partial charge in [0.1, 0.15) is 5.75 Å². The predicted molar refractivity (Wildman–Crippen MR) is 79.3 cm³/mol. The normalized spacial score (nSPS) is 12.2. The minimum atomic E-state index is -3.80. The van der Waals surface area contributed by atoms with Crippen molar-refractivity contribution < 1.29 is 23.1 Å². The Morgan fingerprint density at radius 2 is 2.05 bits per heavy atom. The van der Waals surface area contributed by atoms with E-state index >= 15 is 0 Å². The van der Waals surface area contributed by atoms with Gasteiger partial charge in [0.2, 0.25) is 10.0 Å². The van der Waals surface area contributed by atoms with Crippen LogP contribution in [0.15, 0.2) is 23.1 Å². The number of halogens is 1. The number of rotatable bonds is 7. The van der Waals surface area contributed by atoms with Gasteiger partial charge in [0.25, 0.3) is 0 Å². The number of carboxylic acid groups (broad SMARTS) is 1. The van der Waals surface area contributed by atoms with Crippen LogP contribution in [-0.2, 0) is 14.8 Å². The Kier molecular flexibility index (Phi) is 5.61. The number of sulfonamides is 1. The molecule has 0 amide bonds. The van der Waals surface area contributed by atoms with Crippen molar-refractivity contribution in [3.8, 4) is 5.75 Å². The van der Waals surface area contributed by atoms with Crippen LogP contribution in [0.5, 0.6) is 5.75 Å². The summed E-state index contributed by atoms with van der Waals surface area (Å²) in [5.41, 5.74) is -0.885. The first-order chi connectivity index (χ1) is 9.57. The molecule has 1 aromatic carbocycles. The maximum atomic E-state index is 12.3. The molecule has 0 radical (unpaired) electrons. The van der Waals surface area contributed by atoms with Crippen molar-refractivity contribution in [3.63, 3.8) is 0 Å². The van der Waals surface area contributed by atoms with Gasteiger partial charge in [-0.3, -0.25) is 4.79 Å². The third-order valence-electron chi connectivity index (χ3n) is 2.81. The first-order valence-electron chi connectivity index (χ1n) is 6.17. The Balaban J connectivity index is 2.95. The Labute approximate surface area is 129 Å². The summed E-state index contributed by atoms with van der Waals surface area (Å²) in [4.78, 5) is 10.6. The SMILES string of the molecule is COc1ccc(S(=O)(=O)NC(C)(C)CCC(=O)O)cc1Cl. The molecular formula is C13H18ClNO5S. The van der Waals surface area contributed by atoms with Gasteiger partial charge in [-0.1, -0.05) is 11.6 Å². The summed E-state index contributed by atoms with van der Waals surface area (Å²) in [7, 11) is -2.36. The van der Waals surface area contributed by atoms with Crippen molar-refractivity contribution in [3.05, 3.63) is 23.2 Å².